The summed E-state index contributed by atoms with van der Waals surface area (Å²) in [5.41, 5.74) is 5.48. The molecule has 0 spiro atoms. The summed E-state index contributed by atoms with van der Waals surface area (Å²) in [7, 11) is 3.29. The molecule has 2 unspecified atom stereocenters. The van der Waals surface area contributed by atoms with Crippen LogP contribution in [0, 0.1) is 0 Å². The number of rotatable bonds is 10. The molecule has 0 saturated carbocycles. The lowest BCUT2D eigenvalue weighted by atomic mass is 10.2. The van der Waals surface area contributed by atoms with Gasteiger partial charge in [0.05, 0.1) is 13.2 Å². The van der Waals surface area contributed by atoms with Crippen molar-refractivity contribution in [3.05, 3.63) is 0 Å². The summed E-state index contributed by atoms with van der Waals surface area (Å²) in [4.78, 5) is 12.7. The lowest BCUT2D eigenvalue weighted by Gasteiger charge is -2.28. The Morgan fingerprint density at radius 3 is 2.47 bits per heavy atom. The Labute approximate surface area is 103 Å². The third-order valence-electron chi connectivity index (χ3n) is 2.66. The predicted octanol–water partition coefficient (Wildman–Crippen LogP) is -0.228. The summed E-state index contributed by atoms with van der Waals surface area (Å²) in [5.74, 6) is -0.962. The fourth-order valence-corrected chi connectivity index (χ4v) is 1.54. The molecule has 0 saturated heterocycles. The highest BCUT2D eigenvalue weighted by atomic mass is 16.5. The van der Waals surface area contributed by atoms with Gasteiger partial charge in [0.25, 0.3) is 0 Å². The zero-order chi connectivity index (χ0) is 13.3. The Kier molecular flexibility index (Phi) is 8.97. The molecule has 6 heteroatoms. The van der Waals surface area contributed by atoms with Crippen molar-refractivity contribution in [3.8, 4) is 0 Å². The zero-order valence-electron chi connectivity index (χ0n) is 10.9. The number of ether oxygens (including phenoxy) is 2. The molecule has 102 valence electrons. The highest BCUT2D eigenvalue weighted by Crippen LogP contribution is 2.02. The lowest BCUT2D eigenvalue weighted by molar-refractivity contribution is -0.138. The Bertz CT molecular complexity index is 214. The monoisotopic (exact) mass is 248 g/mol. The van der Waals surface area contributed by atoms with Gasteiger partial charge in [-0.1, -0.05) is 0 Å². The van der Waals surface area contributed by atoms with E-state index in [9.17, 15) is 4.79 Å². The number of aliphatic carboxylic acids is 1. The van der Waals surface area contributed by atoms with Crippen LogP contribution in [0.3, 0.4) is 0 Å². The lowest BCUT2D eigenvalue weighted by Crippen LogP contribution is -2.42. The normalized spacial score (nSPS) is 14.9. The summed E-state index contributed by atoms with van der Waals surface area (Å²) in [6.45, 7) is 4.61. The summed E-state index contributed by atoms with van der Waals surface area (Å²) >= 11 is 0. The molecular formula is C11H24N2O4. The summed E-state index contributed by atoms with van der Waals surface area (Å²) < 4.78 is 10.1. The van der Waals surface area contributed by atoms with Gasteiger partial charge < -0.3 is 20.3 Å². The highest BCUT2D eigenvalue weighted by molar-refractivity contribution is 5.72. The van der Waals surface area contributed by atoms with Crippen LogP contribution in [0.2, 0.25) is 0 Å². The van der Waals surface area contributed by atoms with Crippen LogP contribution < -0.4 is 5.73 Å². The molecule has 17 heavy (non-hydrogen) atoms. The molecule has 0 aromatic carbocycles. The van der Waals surface area contributed by atoms with E-state index in [1.54, 1.807) is 14.2 Å². The van der Waals surface area contributed by atoms with E-state index in [1.807, 2.05) is 6.92 Å². The van der Waals surface area contributed by atoms with Gasteiger partial charge in [-0.05, 0) is 13.3 Å². The molecule has 0 aliphatic rings. The largest absolute Gasteiger partial charge is 0.480 e. The van der Waals surface area contributed by atoms with Gasteiger partial charge in [-0.25, -0.2) is 0 Å². The van der Waals surface area contributed by atoms with Crippen molar-refractivity contribution in [3.63, 3.8) is 0 Å². The maximum atomic E-state index is 10.6. The van der Waals surface area contributed by atoms with Crippen molar-refractivity contribution in [1.29, 1.82) is 0 Å². The second kappa shape index (κ2) is 9.35. The van der Waals surface area contributed by atoms with Crippen LogP contribution >= 0.6 is 0 Å². The third kappa shape index (κ3) is 7.27. The van der Waals surface area contributed by atoms with Gasteiger partial charge in [0.1, 0.15) is 6.04 Å². The average molecular weight is 248 g/mol. The van der Waals surface area contributed by atoms with E-state index >= 15 is 0 Å². The molecule has 2 atom stereocenters. The predicted molar refractivity (Wildman–Crippen MR) is 65.0 cm³/mol. The SMILES string of the molecule is COCCN(CCC(N)C(=O)O)C(C)COC. The maximum absolute atomic E-state index is 10.6. The van der Waals surface area contributed by atoms with E-state index < -0.39 is 12.0 Å². The van der Waals surface area contributed by atoms with E-state index in [2.05, 4.69) is 4.90 Å². The van der Waals surface area contributed by atoms with E-state index in [4.69, 9.17) is 20.3 Å². The van der Waals surface area contributed by atoms with Crippen LogP contribution in [0.1, 0.15) is 13.3 Å². The van der Waals surface area contributed by atoms with Crippen molar-refractivity contribution in [2.75, 3.05) is 40.5 Å². The van der Waals surface area contributed by atoms with E-state index in [1.165, 1.54) is 0 Å². The molecule has 0 aromatic heterocycles. The molecule has 0 rings (SSSR count). The van der Waals surface area contributed by atoms with E-state index in [0.29, 0.717) is 26.2 Å². The molecule has 0 aliphatic carbocycles. The fourth-order valence-electron chi connectivity index (χ4n) is 1.54. The molecule has 0 fully saturated rings. The Morgan fingerprint density at radius 2 is 2.00 bits per heavy atom. The minimum atomic E-state index is -0.962. The van der Waals surface area contributed by atoms with Crippen molar-refractivity contribution in [1.82, 2.24) is 4.90 Å². The van der Waals surface area contributed by atoms with Gasteiger partial charge in [0.2, 0.25) is 0 Å². The van der Waals surface area contributed by atoms with Crippen LogP contribution in [0.4, 0.5) is 0 Å². The number of carboxylic acids is 1. The van der Waals surface area contributed by atoms with Crippen molar-refractivity contribution >= 4 is 5.97 Å². The van der Waals surface area contributed by atoms with Crippen molar-refractivity contribution < 1.29 is 19.4 Å². The van der Waals surface area contributed by atoms with Gasteiger partial charge in [-0.3, -0.25) is 9.69 Å². The van der Waals surface area contributed by atoms with Crippen LogP contribution in [-0.4, -0.2) is 68.6 Å². The summed E-state index contributed by atoms with van der Waals surface area (Å²) in [5, 5.41) is 8.72. The number of hydrogen-bond donors (Lipinski definition) is 2. The molecule has 0 amide bonds. The van der Waals surface area contributed by atoms with Gasteiger partial charge in [0.15, 0.2) is 0 Å². The van der Waals surface area contributed by atoms with Crippen LogP contribution in [-0.2, 0) is 14.3 Å². The molecule has 6 nitrogen and oxygen atoms in total. The zero-order valence-corrected chi connectivity index (χ0v) is 10.9. The quantitative estimate of drug-likeness (QED) is 0.555. The second-order valence-corrected chi connectivity index (χ2v) is 4.07. The molecule has 3 N–H and O–H groups in total. The number of nitrogens with two attached hydrogens (primary N) is 1. The number of carboxylic acid groups (broad SMARTS) is 1. The van der Waals surface area contributed by atoms with Gasteiger partial charge >= 0.3 is 5.97 Å². The van der Waals surface area contributed by atoms with Crippen LogP contribution in [0.25, 0.3) is 0 Å². The second-order valence-electron chi connectivity index (χ2n) is 4.07. The fraction of sp³-hybridized carbons (Fsp3) is 0.909. The van der Waals surface area contributed by atoms with E-state index in [-0.39, 0.29) is 6.04 Å². The first-order valence-electron chi connectivity index (χ1n) is 5.73. The standard InChI is InChI=1S/C11H24N2O4/c1-9(8-17-3)13(6-7-16-2)5-4-10(12)11(14)15/h9-10H,4-8,12H2,1-3H3,(H,14,15). The number of hydrogen-bond acceptors (Lipinski definition) is 5. The number of nitrogens with zero attached hydrogens (tertiary/aromatic N) is 1. The van der Waals surface area contributed by atoms with Gasteiger partial charge in [-0.15, -0.1) is 0 Å². The number of carbonyl (C=O) groups is 1. The van der Waals surface area contributed by atoms with Gasteiger partial charge in [-0.2, -0.15) is 0 Å². The highest BCUT2D eigenvalue weighted by Gasteiger charge is 2.17. The van der Waals surface area contributed by atoms with E-state index in [0.717, 1.165) is 6.54 Å². The molecular weight excluding hydrogens is 224 g/mol. The molecule has 0 heterocycles. The molecule has 0 aliphatic heterocycles. The summed E-state index contributed by atoms with van der Waals surface area (Å²) in [6, 6.07) is -0.592. The molecule has 0 bridgehead atoms. The average Bonchev–Trinajstić information content (AvgIpc) is 2.28. The minimum Gasteiger partial charge on any atom is -0.480 e. The minimum absolute atomic E-state index is 0.219. The molecule has 0 aromatic rings. The first kappa shape index (κ1) is 16.3. The first-order chi connectivity index (χ1) is 8.02. The Hall–Kier alpha value is -0.690. The smallest absolute Gasteiger partial charge is 0.320 e. The third-order valence-corrected chi connectivity index (χ3v) is 2.66. The van der Waals surface area contributed by atoms with Crippen LogP contribution in [0.15, 0.2) is 0 Å². The first-order valence-corrected chi connectivity index (χ1v) is 5.73. The Morgan fingerprint density at radius 1 is 1.35 bits per heavy atom. The topological polar surface area (TPSA) is 85.0 Å². The van der Waals surface area contributed by atoms with Crippen molar-refractivity contribution in [2.45, 2.75) is 25.4 Å². The van der Waals surface area contributed by atoms with Crippen LogP contribution in [0.5, 0.6) is 0 Å². The maximum Gasteiger partial charge on any atom is 0.320 e. The van der Waals surface area contributed by atoms with Crippen molar-refractivity contribution in [2.24, 2.45) is 5.73 Å². The molecule has 0 radical (unpaired) electrons. The Balaban J connectivity index is 4.13. The summed E-state index contributed by atoms with van der Waals surface area (Å²) in [6.07, 6.45) is 0.424. The number of methoxy groups -OCH3 is 2. The van der Waals surface area contributed by atoms with Gasteiger partial charge in [0, 0.05) is 33.4 Å².